The Kier molecular flexibility index (Phi) is 7.13. The van der Waals surface area contributed by atoms with Crippen molar-refractivity contribution in [2.24, 2.45) is 5.92 Å². The molecule has 1 aromatic heterocycles. The topological polar surface area (TPSA) is 49.8 Å². The Balaban J connectivity index is 2.75. The van der Waals surface area contributed by atoms with E-state index in [0.717, 1.165) is 23.3 Å². The normalized spacial score (nSPS) is 12.5. The highest BCUT2D eigenvalue weighted by Crippen LogP contribution is 2.24. The standard InChI is InChI=1S/C14H25BrN4/c1-5-8-16-14-17-9-12(15)13(19-14)18-10(4)11(6-2)7-3/h9-11H,5-8H2,1-4H3,(H2,16,17,18,19). The molecule has 4 nitrogen and oxygen atoms in total. The highest BCUT2D eigenvalue weighted by Gasteiger charge is 2.15. The van der Waals surface area contributed by atoms with E-state index in [0.29, 0.717) is 17.9 Å². The number of nitrogens with one attached hydrogen (secondary N) is 2. The van der Waals surface area contributed by atoms with Gasteiger partial charge in [-0.25, -0.2) is 4.98 Å². The molecule has 0 bridgehead atoms. The zero-order chi connectivity index (χ0) is 14.3. The van der Waals surface area contributed by atoms with E-state index >= 15 is 0 Å². The second-order valence-corrected chi connectivity index (χ2v) is 5.68. The molecule has 1 rings (SSSR count). The molecule has 0 aliphatic carbocycles. The van der Waals surface area contributed by atoms with Crippen molar-refractivity contribution in [3.05, 3.63) is 10.7 Å². The van der Waals surface area contributed by atoms with Crippen LogP contribution in [0, 0.1) is 5.92 Å². The lowest BCUT2D eigenvalue weighted by Crippen LogP contribution is -2.26. The maximum Gasteiger partial charge on any atom is 0.224 e. The zero-order valence-electron chi connectivity index (χ0n) is 12.3. The van der Waals surface area contributed by atoms with E-state index in [-0.39, 0.29) is 0 Å². The van der Waals surface area contributed by atoms with Crippen LogP contribution in [-0.4, -0.2) is 22.6 Å². The van der Waals surface area contributed by atoms with Crippen LogP contribution in [0.1, 0.15) is 47.0 Å². The average Bonchev–Trinajstić information content (AvgIpc) is 2.41. The summed E-state index contributed by atoms with van der Waals surface area (Å²) in [7, 11) is 0. The molecule has 2 N–H and O–H groups in total. The maximum atomic E-state index is 4.52. The SMILES string of the molecule is CCCNc1ncc(Br)c(NC(C)C(CC)CC)n1. The third kappa shape index (κ3) is 4.97. The Morgan fingerprint density at radius 2 is 1.95 bits per heavy atom. The Labute approximate surface area is 124 Å². The molecular formula is C14H25BrN4. The van der Waals surface area contributed by atoms with Crippen molar-refractivity contribution in [3.8, 4) is 0 Å². The fourth-order valence-corrected chi connectivity index (χ4v) is 2.43. The van der Waals surface area contributed by atoms with E-state index in [1.165, 1.54) is 12.8 Å². The summed E-state index contributed by atoms with van der Waals surface area (Å²) < 4.78 is 0.910. The van der Waals surface area contributed by atoms with Crippen molar-refractivity contribution in [2.45, 2.75) is 53.0 Å². The van der Waals surface area contributed by atoms with E-state index in [9.17, 15) is 0 Å². The summed E-state index contributed by atoms with van der Waals surface area (Å²) in [5.41, 5.74) is 0. The number of hydrogen-bond acceptors (Lipinski definition) is 4. The molecule has 1 unspecified atom stereocenters. The first kappa shape index (κ1) is 16.2. The summed E-state index contributed by atoms with van der Waals surface area (Å²) in [6.07, 6.45) is 5.21. The van der Waals surface area contributed by atoms with Gasteiger partial charge in [0.05, 0.1) is 4.47 Å². The Hall–Kier alpha value is -0.840. The number of aromatic nitrogens is 2. The maximum absolute atomic E-state index is 4.52. The summed E-state index contributed by atoms with van der Waals surface area (Å²) in [5.74, 6) is 2.21. The van der Waals surface area contributed by atoms with E-state index < -0.39 is 0 Å². The lowest BCUT2D eigenvalue weighted by Gasteiger charge is -2.23. The summed E-state index contributed by atoms with van der Waals surface area (Å²) in [6.45, 7) is 9.69. The average molecular weight is 329 g/mol. The lowest BCUT2D eigenvalue weighted by molar-refractivity contribution is 0.437. The van der Waals surface area contributed by atoms with Gasteiger partial charge in [0.25, 0.3) is 0 Å². The number of anilines is 2. The Morgan fingerprint density at radius 3 is 2.53 bits per heavy atom. The van der Waals surface area contributed by atoms with Gasteiger partial charge in [-0.2, -0.15) is 4.98 Å². The van der Waals surface area contributed by atoms with Gasteiger partial charge < -0.3 is 10.6 Å². The van der Waals surface area contributed by atoms with Gasteiger partial charge in [0.15, 0.2) is 0 Å². The highest BCUT2D eigenvalue weighted by molar-refractivity contribution is 9.10. The van der Waals surface area contributed by atoms with Gasteiger partial charge in [0.1, 0.15) is 5.82 Å². The summed E-state index contributed by atoms with van der Waals surface area (Å²) >= 11 is 3.50. The van der Waals surface area contributed by atoms with E-state index in [4.69, 9.17) is 0 Å². The Morgan fingerprint density at radius 1 is 1.26 bits per heavy atom. The zero-order valence-corrected chi connectivity index (χ0v) is 13.9. The first-order valence-electron chi connectivity index (χ1n) is 7.15. The molecule has 0 aromatic carbocycles. The van der Waals surface area contributed by atoms with Crippen LogP contribution in [-0.2, 0) is 0 Å². The first-order valence-corrected chi connectivity index (χ1v) is 7.94. The second kappa shape index (κ2) is 8.35. The fourth-order valence-electron chi connectivity index (χ4n) is 2.12. The molecule has 19 heavy (non-hydrogen) atoms. The van der Waals surface area contributed by atoms with Crippen LogP contribution >= 0.6 is 15.9 Å². The van der Waals surface area contributed by atoms with Gasteiger partial charge >= 0.3 is 0 Å². The predicted octanol–water partition coefficient (Wildman–Crippen LogP) is 4.30. The summed E-state index contributed by atoms with van der Waals surface area (Å²) in [5, 5.41) is 6.70. The molecular weight excluding hydrogens is 304 g/mol. The van der Waals surface area contributed by atoms with E-state index in [1.807, 2.05) is 0 Å². The third-order valence-electron chi connectivity index (χ3n) is 3.40. The van der Waals surface area contributed by atoms with E-state index in [2.05, 4.69) is 64.2 Å². The third-order valence-corrected chi connectivity index (χ3v) is 3.98. The van der Waals surface area contributed by atoms with Crippen LogP contribution in [0.4, 0.5) is 11.8 Å². The van der Waals surface area contributed by atoms with Crippen molar-refractivity contribution < 1.29 is 0 Å². The van der Waals surface area contributed by atoms with Crippen molar-refractivity contribution in [2.75, 3.05) is 17.2 Å². The van der Waals surface area contributed by atoms with Gasteiger partial charge in [-0.15, -0.1) is 0 Å². The molecule has 0 amide bonds. The van der Waals surface area contributed by atoms with Crippen molar-refractivity contribution in [1.29, 1.82) is 0 Å². The number of nitrogens with zero attached hydrogens (tertiary/aromatic N) is 2. The molecule has 0 spiro atoms. The van der Waals surface area contributed by atoms with Gasteiger partial charge in [-0.3, -0.25) is 0 Å². The predicted molar refractivity (Wildman–Crippen MR) is 85.7 cm³/mol. The molecule has 1 atom stereocenters. The quantitative estimate of drug-likeness (QED) is 0.747. The molecule has 5 heteroatoms. The molecule has 1 aromatic rings. The number of rotatable bonds is 8. The minimum absolute atomic E-state index is 0.403. The molecule has 0 saturated carbocycles. The number of halogens is 1. The van der Waals surface area contributed by atoms with Crippen LogP contribution in [0.3, 0.4) is 0 Å². The molecule has 0 fully saturated rings. The van der Waals surface area contributed by atoms with Crippen molar-refractivity contribution in [1.82, 2.24) is 9.97 Å². The van der Waals surface area contributed by atoms with Gasteiger partial charge in [0, 0.05) is 18.8 Å². The lowest BCUT2D eigenvalue weighted by atomic mass is 9.95. The largest absolute Gasteiger partial charge is 0.366 e. The van der Waals surface area contributed by atoms with Crippen LogP contribution in [0.15, 0.2) is 10.7 Å². The first-order chi connectivity index (χ1) is 9.12. The molecule has 0 saturated heterocycles. The summed E-state index contributed by atoms with van der Waals surface area (Å²) in [4.78, 5) is 8.78. The highest BCUT2D eigenvalue weighted by atomic mass is 79.9. The van der Waals surface area contributed by atoms with E-state index in [1.54, 1.807) is 6.20 Å². The van der Waals surface area contributed by atoms with Crippen molar-refractivity contribution >= 4 is 27.7 Å². The Bertz CT molecular complexity index is 380. The minimum Gasteiger partial charge on any atom is -0.366 e. The second-order valence-electron chi connectivity index (χ2n) is 4.83. The molecule has 1 heterocycles. The van der Waals surface area contributed by atoms with Gasteiger partial charge in [-0.1, -0.05) is 33.6 Å². The van der Waals surface area contributed by atoms with Crippen LogP contribution in [0.2, 0.25) is 0 Å². The minimum atomic E-state index is 0.403. The molecule has 0 aliphatic heterocycles. The van der Waals surface area contributed by atoms with Gasteiger partial charge in [-0.05, 0) is 35.2 Å². The fraction of sp³-hybridized carbons (Fsp3) is 0.714. The van der Waals surface area contributed by atoms with Crippen LogP contribution in [0.5, 0.6) is 0 Å². The van der Waals surface area contributed by atoms with Gasteiger partial charge in [0.2, 0.25) is 5.95 Å². The molecule has 0 radical (unpaired) electrons. The van der Waals surface area contributed by atoms with Crippen LogP contribution in [0.25, 0.3) is 0 Å². The monoisotopic (exact) mass is 328 g/mol. The molecule has 108 valence electrons. The smallest absolute Gasteiger partial charge is 0.224 e. The summed E-state index contributed by atoms with van der Waals surface area (Å²) in [6, 6.07) is 0.403. The number of hydrogen-bond donors (Lipinski definition) is 2. The molecule has 0 aliphatic rings. The van der Waals surface area contributed by atoms with Crippen LogP contribution < -0.4 is 10.6 Å². The van der Waals surface area contributed by atoms with Crippen molar-refractivity contribution in [3.63, 3.8) is 0 Å².